The molecular weight excluding hydrogens is 442 g/mol. The fraction of sp³-hybridized carbons (Fsp3) is 0.517. The molecule has 0 amide bonds. The van der Waals surface area contributed by atoms with Gasteiger partial charge < -0.3 is 9.42 Å². The van der Waals surface area contributed by atoms with E-state index in [-0.39, 0.29) is 0 Å². The maximum absolute atomic E-state index is 6.69. The summed E-state index contributed by atoms with van der Waals surface area (Å²) in [6.07, 6.45) is 12.2. The number of pyridine rings is 1. The zero-order chi connectivity index (χ0) is 23.0. The van der Waals surface area contributed by atoms with Crippen molar-refractivity contribution in [2.45, 2.75) is 89.1 Å². The Morgan fingerprint density at radius 2 is 1.71 bits per heavy atom. The van der Waals surface area contributed by atoms with Gasteiger partial charge >= 0.3 is 0 Å². The highest BCUT2D eigenvalue weighted by molar-refractivity contribution is 6.33. The van der Waals surface area contributed by atoms with Crippen LogP contribution in [0.3, 0.4) is 0 Å². The first-order valence-corrected chi connectivity index (χ1v) is 13.3. The van der Waals surface area contributed by atoms with Gasteiger partial charge in [0.15, 0.2) is 0 Å². The van der Waals surface area contributed by atoms with Crippen molar-refractivity contribution in [2.75, 3.05) is 4.90 Å². The first-order valence-electron chi connectivity index (χ1n) is 13.0. The molecule has 5 heteroatoms. The average molecular weight is 474 g/mol. The van der Waals surface area contributed by atoms with Crippen LogP contribution in [-0.2, 0) is 0 Å². The van der Waals surface area contributed by atoms with Gasteiger partial charge in [0.05, 0.1) is 5.02 Å². The number of halogens is 1. The van der Waals surface area contributed by atoms with Crippen LogP contribution < -0.4 is 4.90 Å². The maximum Gasteiger partial charge on any atom is 0.143 e. The van der Waals surface area contributed by atoms with E-state index in [1.807, 2.05) is 18.3 Å². The van der Waals surface area contributed by atoms with Crippen LogP contribution in [0.1, 0.15) is 85.7 Å². The Morgan fingerprint density at radius 3 is 2.35 bits per heavy atom. The second-order valence-electron chi connectivity index (χ2n) is 11.5. The highest BCUT2D eigenvalue weighted by Gasteiger charge is 2.56. The normalized spacial score (nSPS) is 30.1. The molecule has 2 unspecified atom stereocenters. The molecule has 0 radical (unpaired) electrons. The van der Waals surface area contributed by atoms with Gasteiger partial charge in [-0.25, -0.2) is 4.98 Å². The molecule has 1 aromatic carbocycles. The number of anilines is 1. The van der Waals surface area contributed by atoms with E-state index in [9.17, 15) is 0 Å². The van der Waals surface area contributed by atoms with Gasteiger partial charge in [0, 0.05) is 35.3 Å². The number of nitrogens with zero attached hydrogens (tertiary/aromatic N) is 3. The third-order valence-corrected chi connectivity index (χ3v) is 9.36. The van der Waals surface area contributed by atoms with Crippen LogP contribution >= 0.6 is 11.6 Å². The summed E-state index contributed by atoms with van der Waals surface area (Å²) in [4.78, 5) is 7.43. The molecular formula is C29H32ClN3O. The van der Waals surface area contributed by atoms with Gasteiger partial charge in [-0.15, -0.1) is 0 Å². The minimum Gasteiger partial charge on any atom is -0.360 e. The molecule has 4 heterocycles. The number of benzene rings is 1. The zero-order valence-electron chi connectivity index (χ0n) is 20.1. The number of hydrogen-bond donors (Lipinski definition) is 0. The van der Waals surface area contributed by atoms with Crippen molar-refractivity contribution in [3.05, 3.63) is 64.0 Å². The van der Waals surface area contributed by atoms with Crippen molar-refractivity contribution in [2.24, 2.45) is 5.41 Å². The fourth-order valence-corrected chi connectivity index (χ4v) is 7.72. The molecule has 2 atom stereocenters. The van der Waals surface area contributed by atoms with Crippen LogP contribution in [-0.4, -0.2) is 22.2 Å². The Kier molecular flexibility index (Phi) is 4.68. The van der Waals surface area contributed by atoms with E-state index < -0.39 is 0 Å². The lowest BCUT2D eigenvalue weighted by Crippen LogP contribution is -2.52. The molecule has 4 aliphatic rings. The molecule has 3 aromatic rings. The Hall–Kier alpha value is -2.33. The third-order valence-electron chi connectivity index (χ3n) is 9.05. The Labute approximate surface area is 206 Å². The van der Waals surface area contributed by atoms with E-state index in [4.69, 9.17) is 21.1 Å². The van der Waals surface area contributed by atoms with Gasteiger partial charge in [-0.05, 0) is 99.8 Å². The predicted octanol–water partition coefficient (Wildman–Crippen LogP) is 7.58. The van der Waals surface area contributed by atoms with Crippen LogP contribution in [0.15, 0.2) is 41.1 Å². The molecule has 4 fully saturated rings. The molecule has 2 saturated heterocycles. The summed E-state index contributed by atoms with van der Waals surface area (Å²) in [5.74, 6) is 3.42. The van der Waals surface area contributed by atoms with Crippen molar-refractivity contribution in [3.63, 3.8) is 0 Å². The molecule has 2 bridgehead atoms. The Bertz CT molecular complexity index is 1200. The van der Waals surface area contributed by atoms with E-state index in [1.165, 1.54) is 73.9 Å². The molecule has 2 saturated carbocycles. The monoisotopic (exact) mass is 473 g/mol. The first-order chi connectivity index (χ1) is 16.5. The molecule has 4 nitrogen and oxygen atoms in total. The molecule has 2 aromatic heterocycles. The number of hydrogen-bond acceptors (Lipinski definition) is 4. The number of aryl methyl sites for hydroxylation is 2. The van der Waals surface area contributed by atoms with Crippen LogP contribution in [0.25, 0.3) is 11.3 Å². The molecule has 7 rings (SSSR count). The zero-order valence-corrected chi connectivity index (χ0v) is 20.8. The van der Waals surface area contributed by atoms with E-state index in [2.05, 4.69) is 42.1 Å². The minimum atomic E-state index is 0.461. The summed E-state index contributed by atoms with van der Waals surface area (Å²) in [5.41, 5.74) is 6.32. The SMILES string of the molecule is Cc1ccc(N2C3CCC2CC2(CC(c4c(-c5c(C)cccc5Cl)noc4C4CC4)C2)C3)nc1. The topological polar surface area (TPSA) is 42.2 Å². The fourth-order valence-electron chi connectivity index (χ4n) is 7.41. The first kappa shape index (κ1) is 21.0. The summed E-state index contributed by atoms with van der Waals surface area (Å²) in [6.45, 7) is 4.25. The lowest BCUT2D eigenvalue weighted by Gasteiger charge is -2.55. The van der Waals surface area contributed by atoms with Gasteiger partial charge in [-0.1, -0.05) is 35.0 Å². The van der Waals surface area contributed by atoms with Crippen molar-refractivity contribution in [1.82, 2.24) is 10.1 Å². The van der Waals surface area contributed by atoms with E-state index in [1.54, 1.807) is 0 Å². The molecule has 2 aliphatic carbocycles. The number of aromatic nitrogens is 2. The maximum atomic E-state index is 6.69. The van der Waals surface area contributed by atoms with E-state index in [0.29, 0.717) is 29.3 Å². The summed E-state index contributed by atoms with van der Waals surface area (Å²) in [5, 5.41) is 5.41. The second-order valence-corrected chi connectivity index (χ2v) is 11.9. The lowest BCUT2D eigenvalue weighted by molar-refractivity contribution is 0.0481. The smallest absolute Gasteiger partial charge is 0.143 e. The van der Waals surface area contributed by atoms with Crippen LogP contribution in [0, 0.1) is 19.3 Å². The number of piperidine rings is 1. The predicted molar refractivity (Wildman–Crippen MR) is 136 cm³/mol. The van der Waals surface area contributed by atoms with Gasteiger partial charge in [0.25, 0.3) is 0 Å². The Balaban J connectivity index is 1.17. The van der Waals surface area contributed by atoms with Crippen LogP contribution in [0.2, 0.25) is 5.02 Å². The van der Waals surface area contributed by atoms with Gasteiger partial charge in [-0.3, -0.25) is 0 Å². The van der Waals surface area contributed by atoms with Gasteiger partial charge in [-0.2, -0.15) is 0 Å². The Morgan fingerprint density at radius 1 is 0.941 bits per heavy atom. The summed E-state index contributed by atoms with van der Waals surface area (Å²) in [6, 6.07) is 11.8. The van der Waals surface area contributed by atoms with Gasteiger partial charge in [0.1, 0.15) is 17.3 Å². The van der Waals surface area contributed by atoms with E-state index >= 15 is 0 Å². The highest BCUT2D eigenvalue weighted by atomic mass is 35.5. The highest BCUT2D eigenvalue weighted by Crippen LogP contribution is 2.64. The summed E-state index contributed by atoms with van der Waals surface area (Å²) >= 11 is 6.69. The quantitative estimate of drug-likeness (QED) is 0.391. The van der Waals surface area contributed by atoms with E-state index in [0.717, 1.165) is 22.0 Å². The molecule has 0 N–H and O–H groups in total. The van der Waals surface area contributed by atoms with Crippen molar-refractivity contribution >= 4 is 17.4 Å². The van der Waals surface area contributed by atoms with Crippen molar-refractivity contribution in [1.29, 1.82) is 0 Å². The minimum absolute atomic E-state index is 0.461. The van der Waals surface area contributed by atoms with Crippen LogP contribution in [0.4, 0.5) is 5.82 Å². The third kappa shape index (κ3) is 3.25. The molecule has 34 heavy (non-hydrogen) atoms. The van der Waals surface area contributed by atoms with Crippen molar-refractivity contribution in [3.8, 4) is 11.3 Å². The standard InChI is InChI=1S/C29H32ClN3O/c1-17-6-11-24(31-16-17)33-21-9-10-22(33)15-29(14-21)12-20(13-29)26-27(32-34-28(26)19-7-8-19)25-18(2)4-3-5-23(25)30/h3-6,11,16,19-22H,7-10,12-15H2,1-2H3. The van der Waals surface area contributed by atoms with Crippen LogP contribution in [0.5, 0.6) is 0 Å². The number of rotatable bonds is 4. The summed E-state index contributed by atoms with van der Waals surface area (Å²) < 4.78 is 6.03. The molecule has 2 aliphatic heterocycles. The lowest BCUT2D eigenvalue weighted by atomic mass is 9.54. The average Bonchev–Trinajstić information content (AvgIpc) is 3.50. The van der Waals surface area contributed by atoms with Crippen molar-refractivity contribution < 1.29 is 4.52 Å². The molecule has 1 spiro atoms. The molecule has 176 valence electrons. The van der Waals surface area contributed by atoms with Gasteiger partial charge in [0.2, 0.25) is 0 Å². The number of fused-ring (bicyclic) bond motifs is 2. The second kappa shape index (κ2) is 7.58. The summed E-state index contributed by atoms with van der Waals surface area (Å²) in [7, 11) is 0. The largest absolute Gasteiger partial charge is 0.360 e.